The van der Waals surface area contributed by atoms with E-state index in [1.54, 1.807) is 0 Å². The highest BCUT2D eigenvalue weighted by atomic mass is 16.5. The highest BCUT2D eigenvalue weighted by molar-refractivity contribution is 5.76. The van der Waals surface area contributed by atoms with Gasteiger partial charge in [0.15, 0.2) is 0 Å². The fourth-order valence-electron chi connectivity index (χ4n) is 4.22. The fraction of sp³-hybridized carbons (Fsp3) is 0.944. The van der Waals surface area contributed by atoms with Crippen molar-refractivity contribution in [1.82, 2.24) is 14.7 Å². The third kappa shape index (κ3) is 5.16. The molecule has 0 aliphatic carbocycles. The third-order valence-electron chi connectivity index (χ3n) is 5.64. The van der Waals surface area contributed by atoms with Crippen molar-refractivity contribution in [3.05, 3.63) is 0 Å². The molecule has 1 amide bonds. The number of amides is 1. The Morgan fingerprint density at radius 3 is 2.39 bits per heavy atom. The normalized spacial score (nSPS) is 28.5. The number of carbonyl (C=O) groups is 1. The van der Waals surface area contributed by atoms with Crippen LogP contribution in [0.4, 0.5) is 0 Å². The summed E-state index contributed by atoms with van der Waals surface area (Å²) in [6.45, 7) is 8.78. The zero-order valence-corrected chi connectivity index (χ0v) is 14.5. The molecule has 3 heterocycles. The number of nitrogens with zero attached hydrogens (tertiary/aromatic N) is 3. The van der Waals surface area contributed by atoms with E-state index in [-0.39, 0.29) is 0 Å². The molecule has 3 saturated heterocycles. The average Bonchev–Trinajstić information content (AvgIpc) is 2.90. The van der Waals surface area contributed by atoms with Gasteiger partial charge < -0.3 is 14.5 Å². The number of rotatable bonds is 4. The predicted octanol–water partition coefficient (Wildman–Crippen LogP) is 1.58. The molecule has 5 nitrogen and oxygen atoms in total. The van der Waals surface area contributed by atoms with Crippen molar-refractivity contribution >= 4 is 5.91 Å². The molecule has 3 fully saturated rings. The van der Waals surface area contributed by atoms with E-state index >= 15 is 0 Å². The zero-order valence-electron chi connectivity index (χ0n) is 14.5. The lowest BCUT2D eigenvalue weighted by atomic mass is 10.0. The molecule has 5 heteroatoms. The minimum absolute atomic E-state index is 0.310. The van der Waals surface area contributed by atoms with Crippen LogP contribution >= 0.6 is 0 Å². The van der Waals surface area contributed by atoms with Gasteiger partial charge in [0.25, 0.3) is 0 Å². The Morgan fingerprint density at radius 2 is 1.65 bits per heavy atom. The summed E-state index contributed by atoms with van der Waals surface area (Å²) in [6.07, 6.45) is 8.84. The molecule has 1 atom stereocenters. The molecule has 3 aliphatic rings. The molecule has 0 spiro atoms. The first-order valence-electron chi connectivity index (χ1n) is 9.65. The first kappa shape index (κ1) is 17.2. The van der Waals surface area contributed by atoms with E-state index in [1.807, 2.05) is 4.90 Å². The van der Waals surface area contributed by atoms with Gasteiger partial charge in [-0.25, -0.2) is 0 Å². The van der Waals surface area contributed by atoms with Crippen LogP contribution in [0.1, 0.15) is 44.9 Å². The fourth-order valence-corrected chi connectivity index (χ4v) is 4.22. The van der Waals surface area contributed by atoms with Crippen molar-refractivity contribution in [2.75, 3.05) is 59.0 Å². The quantitative estimate of drug-likeness (QED) is 0.787. The summed E-state index contributed by atoms with van der Waals surface area (Å²) in [7, 11) is 0. The van der Waals surface area contributed by atoms with E-state index in [2.05, 4.69) is 9.80 Å². The Kier molecular flexibility index (Phi) is 6.72. The van der Waals surface area contributed by atoms with Gasteiger partial charge in [-0.2, -0.15) is 0 Å². The van der Waals surface area contributed by atoms with Crippen LogP contribution in [-0.2, 0) is 9.53 Å². The van der Waals surface area contributed by atoms with Crippen LogP contribution in [0.5, 0.6) is 0 Å². The number of likely N-dealkylation sites (tertiary alicyclic amines) is 2. The number of ether oxygens (including phenoxy) is 1. The largest absolute Gasteiger partial charge is 0.378 e. The van der Waals surface area contributed by atoms with Gasteiger partial charge in [0.2, 0.25) is 5.91 Å². The number of carbonyl (C=O) groups excluding carboxylic acids is 1. The Morgan fingerprint density at radius 1 is 0.913 bits per heavy atom. The van der Waals surface area contributed by atoms with Crippen molar-refractivity contribution in [2.45, 2.75) is 51.0 Å². The summed E-state index contributed by atoms with van der Waals surface area (Å²) >= 11 is 0. The van der Waals surface area contributed by atoms with Crippen LogP contribution < -0.4 is 0 Å². The Labute approximate surface area is 140 Å². The van der Waals surface area contributed by atoms with Crippen LogP contribution in [0, 0.1) is 0 Å². The molecule has 0 aromatic rings. The van der Waals surface area contributed by atoms with Crippen molar-refractivity contribution < 1.29 is 9.53 Å². The molecular weight excluding hydrogens is 290 g/mol. The standard InChI is InChI=1S/C18H33N3O2/c22-18(21-12-14-23-15-13-21)7-11-19-8-5-6-17(16-19)20-9-3-1-2-4-10-20/h17H,1-16H2. The predicted molar refractivity (Wildman–Crippen MR) is 91.5 cm³/mol. The third-order valence-corrected chi connectivity index (χ3v) is 5.64. The van der Waals surface area contributed by atoms with Crippen molar-refractivity contribution in [3.8, 4) is 0 Å². The van der Waals surface area contributed by atoms with Crippen LogP contribution in [0.15, 0.2) is 0 Å². The van der Waals surface area contributed by atoms with Crippen LogP contribution in [0.25, 0.3) is 0 Å². The maximum atomic E-state index is 12.3. The van der Waals surface area contributed by atoms with Crippen LogP contribution in [-0.4, -0.2) is 85.7 Å². The highest BCUT2D eigenvalue weighted by Crippen LogP contribution is 2.20. The second-order valence-corrected chi connectivity index (χ2v) is 7.29. The Bertz CT molecular complexity index is 363. The second kappa shape index (κ2) is 9.00. The van der Waals surface area contributed by atoms with Crippen LogP contribution in [0.2, 0.25) is 0 Å². The van der Waals surface area contributed by atoms with E-state index in [9.17, 15) is 4.79 Å². The lowest BCUT2D eigenvalue weighted by Crippen LogP contribution is -2.49. The monoisotopic (exact) mass is 323 g/mol. The van der Waals surface area contributed by atoms with E-state index in [0.717, 1.165) is 32.2 Å². The maximum Gasteiger partial charge on any atom is 0.224 e. The van der Waals surface area contributed by atoms with Crippen LogP contribution in [0.3, 0.4) is 0 Å². The number of morpholine rings is 1. The number of piperidine rings is 1. The Balaban J connectivity index is 1.42. The zero-order chi connectivity index (χ0) is 15.9. The molecule has 0 aromatic carbocycles. The molecular formula is C18H33N3O2. The van der Waals surface area contributed by atoms with Gasteiger partial charge >= 0.3 is 0 Å². The summed E-state index contributed by atoms with van der Waals surface area (Å²) in [5.41, 5.74) is 0. The topological polar surface area (TPSA) is 36.0 Å². The summed E-state index contributed by atoms with van der Waals surface area (Å²) in [5, 5.41) is 0. The van der Waals surface area contributed by atoms with E-state index in [4.69, 9.17) is 4.74 Å². The molecule has 0 radical (unpaired) electrons. The lowest BCUT2D eigenvalue weighted by molar-refractivity contribution is -0.135. The van der Waals surface area contributed by atoms with Gasteiger partial charge in [0.05, 0.1) is 13.2 Å². The van der Waals surface area contributed by atoms with Crippen molar-refractivity contribution in [2.24, 2.45) is 0 Å². The van der Waals surface area contributed by atoms with Gasteiger partial charge in [-0.15, -0.1) is 0 Å². The first-order valence-corrected chi connectivity index (χ1v) is 9.65. The van der Waals surface area contributed by atoms with E-state index < -0.39 is 0 Å². The molecule has 0 bridgehead atoms. The minimum atomic E-state index is 0.310. The molecule has 132 valence electrons. The number of hydrogen-bond acceptors (Lipinski definition) is 4. The van der Waals surface area contributed by atoms with Gasteiger partial charge in [-0.3, -0.25) is 9.69 Å². The smallest absolute Gasteiger partial charge is 0.224 e. The molecule has 3 rings (SSSR count). The molecule has 1 unspecified atom stereocenters. The second-order valence-electron chi connectivity index (χ2n) is 7.29. The first-order chi connectivity index (χ1) is 11.3. The van der Waals surface area contributed by atoms with E-state index in [1.165, 1.54) is 58.2 Å². The summed E-state index contributed by atoms with van der Waals surface area (Å²) in [6, 6.07) is 0.723. The van der Waals surface area contributed by atoms with Gasteiger partial charge in [-0.05, 0) is 45.3 Å². The lowest BCUT2D eigenvalue weighted by Gasteiger charge is -2.39. The van der Waals surface area contributed by atoms with Crippen molar-refractivity contribution in [3.63, 3.8) is 0 Å². The molecule has 3 aliphatic heterocycles. The summed E-state index contributed by atoms with van der Waals surface area (Å²) in [4.78, 5) is 19.5. The minimum Gasteiger partial charge on any atom is -0.378 e. The van der Waals surface area contributed by atoms with Crippen molar-refractivity contribution in [1.29, 1.82) is 0 Å². The molecule has 0 saturated carbocycles. The van der Waals surface area contributed by atoms with Gasteiger partial charge in [0.1, 0.15) is 0 Å². The average molecular weight is 323 g/mol. The highest BCUT2D eigenvalue weighted by Gasteiger charge is 2.26. The number of hydrogen-bond donors (Lipinski definition) is 0. The molecule has 0 aromatic heterocycles. The summed E-state index contributed by atoms with van der Waals surface area (Å²) in [5.74, 6) is 0.310. The van der Waals surface area contributed by atoms with Gasteiger partial charge in [0, 0.05) is 38.6 Å². The maximum absolute atomic E-state index is 12.3. The SMILES string of the molecule is O=C(CCN1CCCC(N2CCCCCC2)C1)N1CCOCC1. The molecule has 23 heavy (non-hydrogen) atoms. The Hall–Kier alpha value is -0.650. The summed E-state index contributed by atoms with van der Waals surface area (Å²) < 4.78 is 5.33. The van der Waals surface area contributed by atoms with E-state index in [0.29, 0.717) is 25.5 Å². The molecule has 0 N–H and O–H groups in total. The van der Waals surface area contributed by atoms with Gasteiger partial charge in [-0.1, -0.05) is 12.8 Å².